The summed E-state index contributed by atoms with van der Waals surface area (Å²) >= 11 is 0. The molecule has 5 rings (SSSR count). The van der Waals surface area contributed by atoms with Crippen molar-refractivity contribution < 1.29 is 14.3 Å². The molecule has 6 heteroatoms. The van der Waals surface area contributed by atoms with Gasteiger partial charge in [0.2, 0.25) is 0 Å². The maximum absolute atomic E-state index is 14.0. The van der Waals surface area contributed by atoms with Crippen LogP contribution in [-0.2, 0) is 4.79 Å². The van der Waals surface area contributed by atoms with Crippen molar-refractivity contribution in [2.75, 3.05) is 0 Å². The van der Waals surface area contributed by atoms with E-state index in [9.17, 15) is 14.3 Å². The van der Waals surface area contributed by atoms with E-state index in [1.165, 1.54) is 22.7 Å². The Balaban J connectivity index is 1.76. The predicted octanol–water partition coefficient (Wildman–Crippen LogP) is 6.05. The Bertz CT molecular complexity index is 1310. The second-order valence-corrected chi connectivity index (χ2v) is 9.18. The van der Waals surface area contributed by atoms with Gasteiger partial charge in [-0.2, -0.15) is 5.10 Å². The predicted molar refractivity (Wildman–Crippen MR) is 119 cm³/mol. The Hall–Kier alpha value is -3.15. The van der Waals surface area contributed by atoms with E-state index in [0.717, 1.165) is 34.9 Å². The first-order chi connectivity index (χ1) is 14.8. The number of fused-ring (bicyclic) bond motifs is 2. The molecule has 0 spiro atoms. The van der Waals surface area contributed by atoms with Crippen molar-refractivity contribution >= 4 is 27.8 Å². The Morgan fingerprint density at radius 3 is 2.74 bits per heavy atom. The van der Waals surface area contributed by atoms with Crippen LogP contribution in [0.5, 0.6) is 0 Å². The van der Waals surface area contributed by atoms with Gasteiger partial charge in [0.15, 0.2) is 0 Å². The Morgan fingerprint density at radius 1 is 1.29 bits per heavy atom. The lowest BCUT2D eigenvalue weighted by molar-refractivity contribution is -0.138. The van der Waals surface area contributed by atoms with E-state index < -0.39 is 5.97 Å². The average Bonchev–Trinajstić information content (AvgIpc) is 3.26. The fourth-order valence-electron chi connectivity index (χ4n) is 5.20. The van der Waals surface area contributed by atoms with Crippen LogP contribution in [0.4, 0.5) is 4.39 Å². The molecule has 0 unspecified atom stereocenters. The highest BCUT2D eigenvalue weighted by Crippen LogP contribution is 2.50. The topological polar surface area (TPSA) is 70.9 Å². The molecule has 1 aliphatic carbocycles. The fourth-order valence-corrected chi connectivity index (χ4v) is 5.20. The lowest BCUT2D eigenvalue weighted by Gasteiger charge is -2.36. The van der Waals surface area contributed by atoms with Gasteiger partial charge in [-0.15, -0.1) is 0 Å². The molecule has 0 amide bonds. The van der Waals surface area contributed by atoms with Crippen molar-refractivity contribution in [2.24, 2.45) is 5.92 Å². The van der Waals surface area contributed by atoms with Gasteiger partial charge in [0, 0.05) is 28.6 Å². The highest BCUT2D eigenvalue weighted by atomic mass is 19.1. The van der Waals surface area contributed by atoms with Gasteiger partial charge in [0.05, 0.1) is 17.2 Å². The van der Waals surface area contributed by atoms with Gasteiger partial charge in [-0.1, -0.05) is 13.8 Å². The number of H-pyrrole nitrogens is 1. The van der Waals surface area contributed by atoms with Gasteiger partial charge in [-0.05, 0) is 79.0 Å². The number of rotatable bonds is 5. The van der Waals surface area contributed by atoms with Crippen LogP contribution in [0.25, 0.3) is 27.5 Å². The van der Waals surface area contributed by atoms with Gasteiger partial charge in [-0.25, -0.2) is 4.39 Å². The number of hydrogen-bond acceptors (Lipinski definition) is 2. The minimum atomic E-state index is -0.726. The lowest BCUT2D eigenvalue weighted by atomic mass is 9.69. The van der Waals surface area contributed by atoms with Crippen molar-refractivity contribution in [1.29, 1.82) is 0 Å². The Morgan fingerprint density at radius 2 is 2.06 bits per heavy atom. The van der Waals surface area contributed by atoms with Crippen LogP contribution in [-0.4, -0.2) is 25.8 Å². The van der Waals surface area contributed by atoms with E-state index in [4.69, 9.17) is 0 Å². The number of nitrogens with one attached hydrogen (secondary N) is 1. The molecule has 2 aromatic heterocycles. The zero-order valence-electron chi connectivity index (χ0n) is 17.9. The summed E-state index contributed by atoms with van der Waals surface area (Å²) in [6.45, 7) is 6.16. The molecule has 2 heterocycles. The van der Waals surface area contributed by atoms with Crippen molar-refractivity contribution in [1.82, 2.24) is 14.8 Å². The number of nitrogens with zero attached hydrogens (tertiary/aromatic N) is 2. The third-order valence-corrected chi connectivity index (χ3v) is 6.66. The van der Waals surface area contributed by atoms with Gasteiger partial charge in [0.1, 0.15) is 5.82 Å². The molecule has 0 bridgehead atoms. The molecule has 160 valence electrons. The molecular formula is C25H26FN3O2. The molecule has 0 saturated heterocycles. The summed E-state index contributed by atoms with van der Waals surface area (Å²) < 4.78 is 16.3. The zero-order chi connectivity index (χ0) is 21.9. The van der Waals surface area contributed by atoms with Crippen LogP contribution in [0.15, 0.2) is 36.5 Å². The normalized spacial score (nSPS) is 18.7. The Labute approximate surface area is 179 Å². The highest BCUT2D eigenvalue weighted by Gasteiger charge is 2.36. The van der Waals surface area contributed by atoms with Gasteiger partial charge < -0.3 is 9.67 Å². The van der Waals surface area contributed by atoms with Crippen molar-refractivity contribution in [2.45, 2.75) is 51.9 Å². The fraction of sp³-hybridized carbons (Fsp3) is 0.360. The molecule has 2 aromatic carbocycles. The molecule has 4 aromatic rings. The van der Waals surface area contributed by atoms with Crippen LogP contribution < -0.4 is 0 Å². The number of carboxylic acid groups (broad SMARTS) is 1. The van der Waals surface area contributed by atoms with Crippen LogP contribution in [0, 0.1) is 18.7 Å². The van der Waals surface area contributed by atoms with E-state index >= 15 is 0 Å². The summed E-state index contributed by atoms with van der Waals surface area (Å²) in [6, 6.07) is 9.58. The number of carbonyl (C=O) groups is 1. The molecule has 2 N–H and O–H groups in total. The summed E-state index contributed by atoms with van der Waals surface area (Å²) in [6.07, 6.45) is 3.82. The number of halogens is 1. The number of aromatic nitrogens is 3. The summed E-state index contributed by atoms with van der Waals surface area (Å²) in [5.74, 6) is -0.129. The van der Waals surface area contributed by atoms with E-state index in [1.54, 1.807) is 6.92 Å². The zero-order valence-corrected chi connectivity index (χ0v) is 17.9. The molecule has 31 heavy (non-hydrogen) atoms. The monoisotopic (exact) mass is 419 g/mol. The van der Waals surface area contributed by atoms with E-state index in [-0.39, 0.29) is 24.1 Å². The molecule has 1 fully saturated rings. The van der Waals surface area contributed by atoms with Gasteiger partial charge in [-0.3, -0.25) is 9.89 Å². The summed E-state index contributed by atoms with van der Waals surface area (Å²) in [5.41, 5.74) is 6.15. The molecule has 1 aliphatic rings. The number of aromatic amines is 1. The molecule has 1 saturated carbocycles. The SMILES string of the molecule is Cc1cc(-n2c(C(C)C)c(C3CC(CC(=O)O)C3)c3cc4[nH]ncc4cc32)ccc1F. The number of aryl methyl sites for hydroxylation is 1. The highest BCUT2D eigenvalue weighted by molar-refractivity contribution is 5.99. The van der Waals surface area contributed by atoms with Gasteiger partial charge in [0.25, 0.3) is 0 Å². The minimum Gasteiger partial charge on any atom is -0.481 e. The third-order valence-electron chi connectivity index (χ3n) is 6.66. The van der Waals surface area contributed by atoms with Crippen LogP contribution in [0.3, 0.4) is 0 Å². The quantitative estimate of drug-likeness (QED) is 0.414. The standard InChI is InChI=1S/C25H26FN3O2/c1-13(2)25-24(16-7-15(8-16)9-23(30)31)19-11-21-17(12-27-28-21)10-22(19)29(25)18-4-5-20(26)14(3)6-18/h4-6,10-13,15-16H,7-9H2,1-3H3,(H,27,28)(H,30,31). The third kappa shape index (κ3) is 3.21. The molecule has 0 atom stereocenters. The summed E-state index contributed by atoms with van der Waals surface area (Å²) in [7, 11) is 0. The average molecular weight is 420 g/mol. The maximum atomic E-state index is 14.0. The Kier molecular flexibility index (Phi) is 4.61. The van der Waals surface area contributed by atoms with E-state index in [2.05, 4.69) is 40.7 Å². The summed E-state index contributed by atoms with van der Waals surface area (Å²) in [5, 5.41) is 18.6. The second kappa shape index (κ2) is 7.22. The number of hydrogen-bond donors (Lipinski definition) is 2. The van der Waals surface area contributed by atoms with Gasteiger partial charge >= 0.3 is 5.97 Å². The minimum absolute atomic E-state index is 0.209. The van der Waals surface area contributed by atoms with Crippen molar-refractivity contribution in [3.8, 4) is 5.69 Å². The molecule has 5 nitrogen and oxygen atoms in total. The smallest absolute Gasteiger partial charge is 0.303 e. The van der Waals surface area contributed by atoms with Crippen molar-refractivity contribution in [3.63, 3.8) is 0 Å². The first kappa shape index (κ1) is 19.8. The molecule has 0 aliphatic heterocycles. The maximum Gasteiger partial charge on any atom is 0.303 e. The molecular weight excluding hydrogens is 393 g/mol. The lowest BCUT2D eigenvalue weighted by Crippen LogP contribution is -2.25. The first-order valence-corrected chi connectivity index (χ1v) is 10.8. The van der Waals surface area contributed by atoms with Crippen LogP contribution in [0.1, 0.15) is 61.8 Å². The van der Waals surface area contributed by atoms with E-state index in [0.29, 0.717) is 11.5 Å². The van der Waals surface area contributed by atoms with Crippen LogP contribution in [0.2, 0.25) is 0 Å². The summed E-state index contributed by atoms with van der Waals surface area (Å²) in [4.78, 5) is 11.2. The van der Waals surface area contributed by atoms with Crippen LogP contribution >= 0.6 is 0 Å². The number of benzene rings is 2. The van der Waals surface area contributed by atoms with E-state index in [1.807, 2.05) is 18.3 Å². The molecule has 0 radical (unpaired) electrons. The number of carboxylic acids is 1. The largest absolute Gasteiger partial charge is 0.481 e. The van der Waals surface area contributed by atoms with Crippen molar-refractivity contribution in [3.05, 3.63) is 59.2 Å². The second-order valence-electron chi connectivity index (χ2n) is 9.18. The number of aliphatic carboxylic acids is 1. The first-order valence-electron chi connectivity index (χ1n) is 10.8.